The molecule has 0 N–H and O–H groups in total. The van der Waals surface area contributed by atoms with Gasteiger partial charge in [-0.3, -0.25) is 4.79 Å². The van der Waals surface area contributed by atoms with E-state index in [4.69, 9.17) is 4.74 Å². The van der Waals surface area contributed by atoms with Gasteiger partial charge >= 0.3 is 0 Å². The molecule has 8 nitrogen and oxygen atoms in total. The number of hydrogen-bond donors (Lipinski definition) is 0. The average Bonchev–Trinajstić information content (AvgIpc) is 3.33. The second-order valence-corrected chi connectivity index (χ2v) is 10.6. The van der Waals surface area contributed by atoms with Gasteiger partial charge in [0.2, 0.25) is 15.9 Å². The molecule has 1 amide bonds. The van der Waals surface area contributed by atoms with Crippen LogP contribution in [0.5, 0.6) is 0 Å². The predicted octanol–water partition coefficient (Wildman–Crippen LogP) is 2.50. The van der Waals surface area contributed by atoms with Crippen molar-refractivity contribution in [3.8, 4) is 0 Å². The van der Waals surface area contributed by atoms with Crippen molar-refractivity contribution < 1.29 is 17.9 Å². The van der Waals surface area contributed by atoms with Crippen LogP contribution in [-0.2, 0) is 39.4 Å². The highest BCUT2D eigenvalue weighted by Crippen LogP contribution is 2.32. The Kier molecular flexibility index (Phi) is 5.72. The van der Waals surface area contributed by atoms with E-state index in [0.717, 1.165) is 23.4 Å². The number of amides is 1. The van der Waals surface area contributed by atoms with Gasteiger partial charge in [-0.05, 0) is 43.2 Å². The van der Waals surface area contributed by atoms with E-state index in [1.807, 2.05) is 34.7 Å². The minimum absolute atomic E-state index is 0.0788. The zero-order valence-electron chi connectivity index (χ0n) is 18.9. The summed E-state index contributed by atoms with van der Waals surface area (Å²) in [4.78, 5) is 19.9. The van der Waals surface area contributed by atoms with Crippen LogP contribution in [0.25, 0.3) is 11.0 Å². The molecule has 0 spiro atoms. The van der Waals surface area contributed by atoms with Crippen LogP contribution in [0.2, 0.25) is 0 Å². The largest absolute Gasteiger partial charge is 0.379 e. The molecule has 1 atom stereocenters. The van der Waals surface area contributed by atoms with Gasteiger partial charge in [0.15, 0.2) is 0 Å². The minimum atomic E-state index is -3.59. The molecule has 0 radical (unpaired) electrons. The molecular weight excluding hydrogens is 440 g/mol. The van der Waals surface area contributed by atoms with Crippen molar-refractivity contribution in [3.63, 3.8) is 0 Å². The minimum Gasteiger partial charge on any atom is -0.379 e. The molecule has 1 unspecified atom stereocenters. The van der Waals surface area contributed by atoms with E-state index in [1.54, 1.807) is 18.2 Å². The molecule has 5 rings (SSSR count). The fourth-order valence-electron chi connectivity index (χ4n) is 4.83. The van der Waals surface area contributed by atoms with E-state index in [0.29, 0.717) is 44.7 Å². The molecule has 2 aromatic carbocycles. The average molecular weight is 469 g/mol. The molecule has 0 aliphatic carbocycles. The number of fused-ring (bicyclic) bond motifs is 2. The number of morpholine rings is 1. The first-order chi connectivity index (χ1) is 15.9. The van der Waals surface area contributed by atoms with E-state index >= 15 is 0 Å². The standard InChI is InChI=1S/C24H28N4O4S/c1-17-15-18-5-3-4-6-21(18)28(17)24(29)10-9-23-25-20-16-19(7-8-22(20)26(23)2)33(30,31)27-11-13-32-14-12-27/h3-8,16-17H,9-15H2,1-2H3. The number of rotatable bonds is 5. The van der Waals surface area contributed by atoms with E-state index < -0.39 is 10.0 Å². The van der Waals surface area contributed by atoms with Crippen LogP contribution in [-0.4, -0.2) is 60.5 Å². The van der Waals surface area contributed by atoms with Crippen molar-refractivity contribution in [1.82, 2.24) is 13.9 Å². The maximum atomic E-state index is 13.1. The molecule has 0 saturated carbocycles. The summed E-state index contributed by atoms with van der Waals surface area (Å²) in [6.07, 6.45) is 1.70. The number of nitrogens with zero attached hydrogens (tertiary/aromatic N) is 4. The molecule has 1 fully saturated rings. The first-order valence-electron chi connectivity index (χ1n) is 11.3. The summed E-state index contributed by atoms with van der Waals surface area (Å²) in [7, 11) is -1.68. The first kappa shape index (κ1) is 22.1. The van der Waals surface area contributed by atoms with Crippen molar-refractivity contribution in [2.24, 2.45) is 7.05 Å². The summed E-state index contributed by atoms with van der Waals surface area (Å²) in [5, 5.41) is 0. The summed E-state index contributed by atoms with van der Waals surface area (Å²) in [5.74, 6) is 0.842. The van der Waals surface area contributed by atoms with Crippen LogP contribution in [0, 0.1) is 0 Å². The lowest BCUT2D eigenvalue weighted by atomic mass is 10.1. The second-order valence-electron chi connectivity index (χ2n) is 8.70. The van der Waals surface area contributed by atoms with Crippen LogP contribution in [0.15, 0.2) is 47.4 Å². The van der Waals surface area contributed by atoms with Gasteiger partial charge in [0, 0.05) is 44.7 Å². The summed E-state index contributed by atoms with van der Waals surface area (Å²) in [6.45, 7) is 3.60. The number of aryl methyl sites for hydroxylation is 2. The van der Waals surface area contributed by atoms with E-state index in [1.165, 1.54) is 9.87 Å². The summed E-state index contributed by atoms with van der Waals surface area (Å²) < 4.78 is 34.7. The lowest BCUT2D eigenvalue weighted by molar-refractivity contribution is -0.118. The lowest BCUT2D eigenvalue weighted by Crippen LogP contribution is -2.40. The van der Waals surface area contributed by atoms with Crippen molar-refractivity contribution in [1.29, 1.82) is 0 Å². The smallest absolute Gasteiger partial charge is 0.243 e. The predicted molar refractivity (Wildman–Crippen MR) is 126 cm³/mol. The highest BCUT2D eigenvalue weighted by molar-refractivity contribution is 7.89. The number of aromatic nitrogens is 2. The highest BCUT2D eigenvalue weighted by Gasteiger charge is 2.30. The highest BCUT2D eigenvalue weighted by atomic mass is 32.2. The number of para-hydroxylation sites is 1. The molecule has 1 saturated heterocycles. The van der Waals surface area contributed by atoms with Crippen molar-refractivity contribution in [2.45, 2.75) is 37.1 Å². The van der Waals surface area contributed by atoms with E-state index in [-0.39, 0.29) is 16.8 Å². The van der Waals surface area contributed by atoms with Crippen LogP contribution < -0.4 is 4.90 Å². The molecule has 0 bridgehead atoms. The van der Waals surface area contributed by atoms with E-state index in [9.17, 15) is 13.2 Å². The summed E-state index contributed by atoms with van der Waals surface area (Å²) in [5.41, 5.74) is 3.67. The Morgan fingerprint density at radius 3 is 2.70 bits per heavy atom. The van der Waals surface area contributed by atoms with Gasteiger partial charge in [-0.15, -0.1) is 0 Å². The number of carbonyl (C=O) groups excluding carboxylic acids is 1. The number of sulfonamides is 1. The third-order valence-corrected chi connectivity index (χ3v) is 8.49. The zero-order valence-corrected chi connectivity index (χ0v) is 19.7. The van der Waals surface area contributed by atoms with Gasteiger partial charge in [0.05, 0.1) is 29.1 Å². The monoisotopic (exact) mass is 468 g/mol. The number of benzene rings is 2. The van der Waals surface area contributed by atoms with Gasteiger partial charge in [-0.1, -0.05) is 18.2 Å². The summed E-state index contributed by atoms with van der Waals surface area (Å²) in [6, 6.07) is 13.2. The number of hydrogen-bond acceptors (Lipinski definition) is 5. The molecule has 3 aromatic rings. The first-order valence-corrected chi connectivity index (χ1v) is 12.7. The zero-order chi connectivity index (χ0) is 23.2. The molecule has 9 heteroatoms. The molecule has 2 aliphatic heterocycles. The van der Waals surface area contributed by atoms with Crippen molar-refractivity contribution in [2.75, 3.05) is 31.2 Å². The van der Waals surface area contributed by atoms with Crippen LogP contribution in [0.3, 0.4) is 0 Å². The maximum absolute atomic E-state index is 13.1. The maximum Gasteiger partial charge on any atom is 0.243 e. The fourth-order valence-corrected chi connectivity index (χ4v) is 6.26. The topological polar surface area (TPSA) is 84.7 Å². The third-order valence-electron chi connectivity index (χ3n) is 6.59. The number of imidazole rings is 1. The fraction of sp³-hybridized carbons (Fsp3) is 0.417. The molecule has 3 heterocycles. The number of ether oxygens (including phenoxy) is 1. The SMILES string of the molecule is CC1Cc2ccccc2N1C(=O)CCc1nc2cc(S(=O)(=O)N3CCOCC3)ccc2n1C. The van der Waals surface area contributed by atoms with Crippen molar-refractivity contribution >= 4 is 32.7 Å². The molecule has 33 heavy (non-hydrogen) atoms. The Hall–Kier alpha value is -2.75. The molecule has 2 aliphatic rings. The lowest BCUT2D eigenvalue weighted by Gasteiger charge is -2.26. The normalized spacial score (nSPS) is 19.2. The molecular formula is C24H28N4O4S. The second kappa shape index (κ2) is 8.55. The van der Waals surface area contributed by atoms with Gasteiger partial charge in [0.25, 0.3) is 0 Å². The Bertz CT molecular complexity index is 1310. The Labute approximate surface area is 193 Å². The molecule has 1 aromatic heterocycles. The van der Waals surface area contributed by atoms with Crippen molar-refractivity contribution in [3.05, 3.63) is 53.9 Å². The van der Waals surface area contributed by atoms with Gasteiger partial charge in [-0.2, -0.15) is 4.31 Å². The van der Waals surface area contributed by atoms with Crippen LogP contribution >= 0.6 is 0 Å². The Morgan fingerprint density at radius 2 is 1.91 bits per heavy atom. The van der Waals surface area contributed by atoms with Gasteiger partial charge in [0.1, 0.15) is 5.82 Å². The molecule has 174 valence electrons. The Balaban J connectivity index is 1.35. The summed E-state index contributed by atoms with van der Waals surface area (Å²) >= 11 is 0. The van der Waals surface area contributed by atoms with Gasteiger partial charge in [-0.25, -0.2) is 13.4 Å². The van der Waals surface area contributed by atoms with Crippen LogP contribution in [0.1, 0.15) is 24.7 Å². The van der Waals surface area contributed by atoms with Crippen LogP contribution in [0.4, 0.5) is 5.69 Å². The number of carbonyl (C=O) groups is 1. The number of anilines is 1. The quantitative estimate of drug-likeness (QED) is 0.575. The van der Waals surface area contributed by atoms with E-state index in [2.05, 4.69) is 18.0 Å². The Morgan fingerprint density at radius 1 is 1.15 bits per heavy atom. The van der Waals surface area contributed by atoms with Gasteiger partial charge < -0.3 is 14.2 Å². The third kappa shape index (κ3) is 3.94.